The fraction of sp³-hybridized carbons (Fsp3) is 0.429. The van der Waals surface area contributed by atoms with E-state index in [1.165, 1.54) is 0 Å². The molecule has 0 amide bonds. The molecule has 1 atom stereocenters. The van der Waals surface area contributed by atoms with Gasteiger partial charge < -0.3 is 10.3 Å². The first kappa shape index (κ1) is 14.0. The highest BCUT2D eigenvalue weighted by Gasteiger charge is 2.14. The summed E-state index contributed by atoms with van der Waals surface area (Å²) in [6.45, 7) is 2.13. The molecule has 2 rings (SSSR count). The van der Waals surface area contributed by atoms with Gasteiger partial charge in [-0.1, -0.05) is 54.7 Å². The molecule has 2 aromatic rings. The van der Waals surface area contributed by atoms with Crippen LogP contribution in [-0.4, -0.2) is 10.1 Å². The van der Waals surface area contributed by atoms with Gasteiger partial charge in [-0.05, 0) is 18.1 Å². The van der Waals surface area contributed by atoms with Crippen molar-refractivity contribution in [3.8, 4) is 0 Å². The Bertz CT molecular complexity index is 527. The number of unbranched alkanes of at least 4 members (excludes halogenated alkanes) is 1. The summed E-state index contributed by atoms with van der Waals surface area (Å²) in [6, 6.07) is 7.47. The lowest BCUT2D eigenvalue weighted by atomic mass is 10.1. The SMILES string of the molecule is CCCC[C@H](N)c1nc(Cc2ccccc2Cl)no1. The Labute approximate surface area is 118 Å². The highest BCUT2D eigenvalue weighted by Crippen LogP contribution is 2.19. The standard InChI is InChI=1S/C14H18ClN3O/c1-2-3-8-12(16)14-17-13(18-19-14)9-10-6-4-5-7-11(10)15/h4-7,12H,2-3,8-9,16H2,1H3/t12-/m0/s1. The third-order valence-corrected chi connectivity index (χ3v) is 3.34. The maximum Gasteiger partial charge on any atom is 0.243 e. The van der Waals surface area contributed by atoms with Crippen LogP contribution in [0.25, 0.3) is 0 Å². The molecule has 4 nitrogen and oxygen atoms in total. The molecule has 1 heterocycles. The number of nitrogens with two attached hydrogens (primary N) is 1. The van der Waals surface area contributed by atoms with Crippen molar-refractivity contribution in [2.75, 3.05) is 0 Å². The molecule has 0 fully saturated rings. The molecule has 0 radical (unpaired) electrons. The number of hydrogen-bond acceptors (Lipinski definition) is 4. The molecule has 0 saturated carbocycles. The Morgan fingerprint density at radius 2 is 2.16 bits per heavy atom. The number of rotatable bonds is 6. The van der Waals surface area contributed by atoms with Crippen molar-refractivity contribution in [3.05, 3.63) is 46.6 Å². The van der Waals surface area contributed by atoms with Crippen LogP contribution >= 0.6 is 11.6 Å². The van der Waals surface area contributed by atoms with Crippen LogP contribution in [0.3, 0.4) is 0 Å². The number of nitrogens with zero attached hydrogens (tertiary/aromatic N) is 2. The maximum absolute atomic E-state index is 6.10. The third-order valence-electron chi connectivity index (χ3n) is 2.98. The normalized spacial score (nSPS) is 12.6. The molecular formula is C14H18ClN3O. The van der Waals surface area contributed by atoms with Gasteiger partial charge in [0.05, 0.1) is 6.04 Å². The number of halogens is 1. The lowest BCUT2D eigenvalue weighted by Gasteiger charge is -2.03. The summed E-state index contributed by atoms with van der Waals surface area (Å²) < 4.78 is 5.21. The van der Waals surface area contributed by atoms with Crippen molar-refractivity contribution in [3.63, 3.8) is 0 Å². The van der Waals surface area contributed by atoms with Gasteiger partial charge in [-0.3, -0.25) is 0 Å². The van der Waals surface area contributed by atoms with Gasteiger partial charge in [0.1, 0.15) is 0 Å². The van der Waals surface area contributed by atoms with E-state index in [1.807, 2.05) is 24.3 Å². The molecule has 0 saturated heterocycles. The minimum absolute atomic E-state index is 0.174. The summed E-state index contributed by atoms with van der Waals surface area (Å²) in [4.78, 5) is 4.34. The van der Waals surface area contributed by atoms with Crippen molar-refractivity contribution in [1.29, 1.82) is 0 Å². The van der Waals surface area contributed by atoms with Crippen LogP contribution in [0.2, 0.25) is 5.02 Å². The van der Waals surface area contributed by atoms with Crippen LogP contribution < -0.4 is 5.73 Å². The van der Waals surface area contributed by atoms with Gasteiger partial charge in [0, 0.05) is 11.4 Å². The molecule has 0 aliphatic rings. The highest BCUT2D eigenvalue weighted by atomic mass is 35.5. The van der Waals surface area contributed by atoms with Crippen LogP contribution in [-0.2, 0) is 6.42 Å². The van der Waals surface area contributed by atoms with E-state index in [0.717, 1.165) is 24.8 Å². The molecule has 102 valence electrons. The van der Waals surface area contributed by atoms with Crippen LogP contribution in [0.5, 0.6) is 0 Å². The Morgan fingerprint density at radius 1 is 1.37 bits per heavy atom. The van der Waals surface area contributed by atoms with Gasteiger partial charge in [-0.2, -0.15) is 4.98 Å². The average Bonchev–Trinajstić information content (AvgIpc) is 2.87. The largest absolute Gasteiger partial charge is 0.338 e. The zero-order valence-electron chi connectivity index (χ0n) is 11.0. The number of hydrogen-bond donors (Lipinski definition) is 1. The van der Waals surface area contributed by atoms with E-state index >= 15 is 0 Å². The summed E-state index contributed by atoms with van der Waals surface area (Å²) in [5, 5.41) is 4.67. The first-order chi connectivity index (χ1) is 9.20. The molecule has 1 aromatic heterocycles. The van der Waals surface area contributed by atoms with Crippen molar-refractivity contribution in [1.82, 2.24) is 10.1 Å². The zero-order valence-corrected chi connectivity index (χ0v) is 11.7. The Hall–Kier alpha value is -1.39. The summed E-state index contributed by atoms with van der Waals surface area (Å²) >= 11 is 6.10. The minimum atomic E-state index is -0.174. The summed E-state index contributed by atoms with van der Waals surface area (Å²) in [5.74, 6) is 1.13. The Balaban J connectivity index is 2.03. The average molecular weight is 280 g/mol. The second-order valence-electron chi connectivity index (χ2n) is 4.57. The molecular weight excluding hydrogens is 262 g/mol. The smallest absolute Gasteiger partial charge is 0.243 e. The predicted octanol–water partition coefficient (Wildman–Crippen LogP) is 3.50. The zero-order chi connectivity index (χ0) is 13.7. The van der Waals surface area contributed by atoms with Crippen LogP contribution in [0.4, 0.5) is 0 Å². The Morgan fingerprint density at radius 3 is 2.89 bits per heavy atom. The van der Waals surface area contributed by atoms with Gasteiger partial charge in [-0.25, -0.2) is 0 Å². The van der Waals surface area contributed by atoms with Crippen LogP contribution in [0.1, 0.15) is 49.5 Å². The van der Waals surface area contributed by atoms with E-state index in [2.05, 4.69) is 17.1 Å². The van der Waals surface area contributed by atoms with Crippen molar-refractivity contribution >= 4 is 11.6 Å². The van der Waals surface area contributed by atoms with Crippen molar-refractivity contribution in [2.24, 2.45) is 5.73 Å². The van der Waals surface area contributed by atoms with Gasteiger partial charge in [-0.15, -0.1) is 0 Å². The van der Waals surface area contributed by atoms with Crippen molar-refractivity contribution < 1.29 is 4.52 Å². The van der Waals surface area contributed by atoms with E-state index in [1.54, 1.807) is 0 Å². The molecule has 0 spiro atoms. The van der Waals surface area contributed by atoms with E-state index in [-0.39, 0.29) is 6.04 Å². The fourth-order valence-electron chi connectivity index (χ4n) is 1.85. The van der Waals surface area contributed by atoms with Gasteiger partial charge >= 0.3 is 0 Å². The minimum Gasteiger partial charge on any atom is -0.338 e. The molecule has 0 bridgehead atoms. The Kier molecular flexibility index (Phi) is 4.93. The number of benzene rings is 1. The third kappa shape index (κ3) is 3.78. The molecule has 2 N–H and O–H groups in total. The van der Waals surface area contributed by atoms with Crippen molar-refractivity contribution in [2.45, 2.75) is 38.6 Å². The summed E-state index contributed by atoms with van der Waals surface area (Å²) in [6.07, 6.45) is 3.59. The van der Waals surface area contributed by atoms with Crippen LogP contribution in [0, 0.1) is 0 Å². The van der Waals surface area contributed by atoms with Gasteiger partial charge in [0.2, 0.25) is 5.89 Å². The molecule has 0 unspecified atom stereocenters. The summed E-state index contributed by atoms with van der Waals surface area (Å²) in [7, 11) is 0. The van der Waals surface area contributed by atoms with E-state index in [4.69, 9.17) is 21.9 Å². The molecule has 0 aliphatic carbocycles. The number of aromatic nitrogens is 2. The molecule has 19 heavy (non-hydrogen) atoms. The summed E-state index contributed by atoms with van der Waals surface area (Å²) in [5.41, 5.74) is 6.98. The topological polar surface area (TPSA) is 64.9 Å². The van der Waals surface area contributed by atoms with E-state index in [0.29, 0.717) is 23.2 Å². The molecule has 5 heteroatoms. The molecule has 0 aliphatic heterocycles. The van der Waals surface area contributed by atoms with E-state index in [9.17, 15) is 0 Å². The first-order valence-corrected chi connectivity index (χ1v) is 6.90. The van der Waals surface area contributed by atoms with Crippen LogP contribution in [0.15, 0.2) is 28.8 Å². The quantitative estimate of drug-likeness (QED) is 0.879. The first-order valence-electron chi connectivity index (χ1n) is 6.52. The van der Waals surface area contributed by atoms with Gasteiger partial charge in [0.25, 0.3) is 0 Å². The lowest BCUT2D eigenvalue weighted by molar-refractivity contribution is 0.343. The van der Waals surface area contributed by atoms with Gasteiger partial charge in [0.15, 0.2) is 5.82 Å². The fourth-order valence-corrected chi connectivity index (χ4v) is 2.05. The highest BCUT2D eigenvalue weighted by molar-refractivity contribution is 6.31. The second kappa shape index (κ2) is 6.68. The van der Waals surface area contributed by atoms with E-state index < -0.39 is 0 Å². The molecule has 1 aromatic carbocycles. The predicted molar refractivity (Wildman–Crippen MR) is 75.0 cm³/mol. The monoisotopic (exact) mass is 279 g/mol. The maximum atomic E-state index is 6.10. The lowest BCUT2D eigenvalue weighted by Crippen LogP contribution is -2.10. The second-order valence-corrected chi connectivity index (χ2v) is 4.97.